The predicted octanol–water partition coefficient (Wildman–Crippen LogP) is 1.89. The molecule has 0 amide bonds. The van der Waals surface area contributed by atoms with Crippen LogP contribution >= 0.6 is 0 Å². The van der Waals surface area contributed by atoms with Gasteiger partial charge in [-0.2, -0.15) is 0 Å². The van der Waals surface area contributed by atoms with E-state index in [0.29, 0.717) is 13.0 Å². The van der Waals surface area contributed by atoms with Crippen LogP contribution in [-0.4, -0.2) is 28.8 Å². The van der Waals surface area contributed by atoms with E-state index in [1.54, 1.807) is 13.1 Å². The van der Waals surface area contributed by atoms with Crippen molar-refractivity contribution in [1.29, 1.82) is 0 Å². The number of hydrogen-bond donors (Lipinski definition) is 1. The molecular weight excluding hydrogens is 230 g/mol. The average Bonchev–Trinajstić information content (AvgIpc) is 2.72. The Kier molecular flexibility index (Phi) is 4.31. The molecule has 1 aliphatic carbocycles. The molecule has 1 fully saturated rings. The smallest absolute Gasteiger partial charge is 0.306 e. The van der Waals surface area contributed by atoms with Crippen molar-refractivity contribution in [3.8, 4) is 0 Å². The van der Waals surface area contributed by atoms with E-state index in [4.69, 9.17) is 4.74 Å². The lowest BCUT2D eigenvalue weighted by Crippen LogP contribution is -2.21. The summed E-state index contributed by atoms with van der Waals surface area (Å²) in [6.45, 7) is 2.21. The van der Waals surface area contributed by atoms with Gasteiger partial charge < -0.3 is 9.84 Å². The lowest BCUT2D eigenvalue weighted by atomic mass is 9.88. The Morgan fingerprint density at radius 3 is 3.00 bits per heavy atom. The fourth-order valence-electron chi connectivity index (χ4n) is 2.73. The highest BCUT2D eigenvalue weighted by Crippen LogP contribution is 2.41. The van der Waals surface area contributed by atoms with Gasteiger partial charge in [-0.25, -0.2) is 0 Å². The molecule has 1 aromatic heterocycles. The molecule has 18 heavy (non-hydrogen) atoms. The van der Waals surface area contributed by atoms with Crippen molar-refractivity contribution in [2.24, 2.45) is 5.92 Å². The van der Waals surface area contributed by atoms with E-state index in [1.807, 2.05) is 18.2 Å². The molecule has 0 aromatic carbocycles. The third-order valence-corrected chi connectivity index (χ3v) is 3.52. The van der Waals surface area contributed by atoms with Crippen LogP contribution in [0.3, 0.4) is 0 Å². The normalized spacial score (nSPS) is 27.1. The number of hydrogen-bond acceptors (Lipinski definition) is 4. The average molecular weight is 249 g/mol. The van der Waals surface area contributed by atoms with Gasteiger partial charge in [0.1, 0.15) is 0 Å². The number of rotatable bonds is 4. The number of carbonyl (C=O) groups is 1. The predicted molar refractivity (Wildman–Crippen MR) is 67.0 cm³/mol. The van der Waals surface area contributed by atoms with Crippen LogP contribution in [0, 0.1) is 5.92 Å². The highest BCUT2D eigenvalue weighted by molar-refractivity contribution is 5.69. The summed E-state index contributed by atoms with van der Waals surface area (Å²) in [4.78, 5) is 15.9. The van der Waals surface area contributed by atoms with Crippen LogP contribution < -0.4 is 0 Å². The zero-order chi connectivity index (χ0) is 13.0. The van der Waals surface area contributed by atoms with E-state index in [-0.39, 0.29) is 17.8 Å². The van der Waals surface area contributed by atoms with Gasteiger partial charge in [-0.15, -0.1) is 0 Å². The fraction of sp³-hybridized carbons (Fsp3) is 0.571. The summed E-state index contributed by atoms with van der Waals surface area (Å²) < 4.78 is 4.98. The summed E-state index contributed by atoms with van der Waals surface area (Å²) in [6, 6.07) is 5.68. The van der Waals surface area contributed by atoms with E-state index in [1.165, 1.54) is 0 Å². The largest absolute Gasteiger partial charge is 0.466 e. The van der Waals surface area contributed by atoms with Crippen molar-refractivity contribution in [3.05, 3.63) is 30.1 Å². The first-order valence-corrected chi connectivity index (χ1v) is 6.47. The minimum atomic E-state index is -0.403. The number of ether oxygens (including phenoxy) is 1. The van der Waals surface area contributed by atoms with Crippen LogP contribution in [0.4, 0.5) is 0 Å². The van der Waals surface area contributed by atoms with Gasteiger partial charge in [0, 0.05) is 24.2 Å². The van der Waals surface area contributed by atoms with Gasteiger partial charge >= 0.3 is 5.97 Å². The molecule has 1 aromatic rings. The molecule has 3 atom stereocenters. The Morgan fingerprint density at radius 1 is 1.50 bits per heavy atom. The minimum Gasteiger partial charge on any atom is -0.466 e. The molecule has 98 valence electrons. The zero-order valence-electron chi connectivity index (χ0n) is 10.6. The second-order valence-electron chi connectivity index (χ2n) is 4.69. The van der Waals surface area contributed by atoms with Crippen molar-refractivity contribution >= 4 is 5.97 Å². The molecule has 0 saturated heterocycles. The van der Waals surface area contributed by atoms with Crippen molar-refractivity contribution < 1.29 is 14.6 Å². The Bertz CT molecular complexity index is 393. The van der Waals surface area contributed by atoms with Gasteiger partial charge in [0.2, 0.25) is 0 Å². The molecular formula is C14H19NO3. The van der Waals surface area contributed by atoms with Crippen molar-refractivity contribution in [1.82, 2.24) is 4.98 Å². The summed E-state index contributed by atoms with van der Waals surface area (Å²) >= 11 is 0. The number of aliphatic hydroxyl groups is 1. The Labute approximate surface area is 107 Å². The second kappa shape index (κ2) is 5.96. The lowest BCUT2D eigenvalue weighted by Gasteiger charge is -2.20. The third-order valence-electron chi connectivity index (χ3n) is 3.52. The fourth-order valence-corrected chi connectivity index (χ4v) is 2.73. The molecule has 0 radical (unpaired) electrons. The van der Waals surface area contributed by atoms with Crippen molar-refractivity contribution in [3.63, 3.8) is 0 Å². The Morgan fingerprint density at radius 2 is 2.33 bits per heavy atom. The highest BCUT2D eigenvalue weighted by atomic mass is 16.5. The molecule has 0 bridgehead atoms. The summed E-state index contributed by atoms with van der Waals surface area (Å²) in [5.74, 6) is -0.0953. The maximum atomic E-state index is 11.6. The Balaban J connectivity index is 2.08. The van der Waals surface area contributed by atoms with Gasteiger partial charge in [0.15, 0.2) is 0 Å². The molecule has 4 nitrogen and oxygen atoms in total. The SMILES string of the molecule is CCOC(=O)CC1CCC(O)C1c1ccccn1. The van der Waals surface area contributed by atoms with Gasteiger partial charge in [0.25, 0.3) is 0 Å². The van der Waals surface area contributed by atoms with E-state index >= 15 is 0 Å². The van der Waals surface area contributed by atoms with Crippen LogP contribution in [0.2, 0.25) is 0 Å². The van der Waals surface area contributed by atoms with Crippen LogP contribution in [0.15, 0.2) is 24.4 Å². The van der Waals surface area contributed by atoms with E-state index in [2.05, 4.69) is 4.98 Å². The van der Waals surface area contributed by atoms with Crippen LogP contribution in [0.5, 0.6) is 0 Å². The number of esters is 1. The third kappa shape index (κ3) is 2.88. The number of aromatic nitrogens is 1. The maximum Gasteiger partial charge on any atom is 0.306 e. The number of carbonyl (C=O) groups excluding carboxylic acids is 1. The van der Waals surface area contributed by atoms with E-state index in [0.717, 1.165) is 18.5 Å². The van der Waals surface area contributed by atoms with Crippen molar-refractivity contribution in [2.45, 2.75) is 38.2 Å². The number of pyridine rings is 1. The molecule has 4 heteroatoms. The van der Waals surface area contributed by atoms with Gasteiger partial charge in [-0.05, 0) is 37.8 Å². The molecule has 0 aliphatic heterocycles. The quantitative estimate of drug-likeness (QED) is 0.828. The maximum absolute atomic E-state index is 11.6. The highest BCUT2D eigenvalue weighted by Gasteiger charge is 2.38. The number of aliphatic hydroxyl groups excluding tert-OH is 1. The van der Waals surface area contributed by atoms with Gasteiger partial charge in [-0.1, -0.05) is 6.07 Å². The van der Waals surface area contributed by atoms with Crippen LogP contribution in [0.1, 0.15) is 37.8 Å². The molecule has 1 aliphatic rings. The van der Waals surface area contributed by atoms with Gasteiger partial charge in [0.05, 0.1) is 12.7 Å². The van der Waals surface area contributed by atoms with Crippen LogP contribution in [-0.2, 0) is 9.53 Å². The molecule has 3 unspecified atom stereocenters. The zero-order valence-corrected chi connectivity index (χ0v) is 10.6. The van der Waals surface area contributed by atoms with E-state index in [9.17, 15) is 9.90 Å². The van der Waals surface area contributed by atoms with Crippen LogP contribution in [0.25, 0.3) is 0 Å². The standard InChI is InChI=1S/C14H19NO3/c1-2-18-13(17)9-10-6-7-12(16)14(10)11-5-3-4-8-15-11/h3-5,8,10,12,14,16H,2,6-7,9H2,1H3. The molecule has 2 rings (SSSR count). The minimum absolute atomic E-state index is 0.0457. The van der Waals surface area contributed by atoms with Gasteiger partial charge in [-0.3, -0.25) is 9.78 Å². The number of nitrogens with zero attached hydrogens (tertiary/aromatic N) is 1. The lowest BCUT2D eigenvalue weighted by molar-refractivity contribution is -0.144. The first-order valence-electron chi connectivity index (χ1n) is 6.47. The first-order chi connectivity index (χ1) is 8.72. The summed E-state index contributed by atoms with van der Waals surface area (Å²) in [7, 11) is 0. The summed E-state index contributed by atoms with van der Waals surface area (Å²) in [6.07, 6.45) is 3.26. The van der Waals surface area contributed by atoms with Crippen molar-refractivity contribution in [2.75, 3.05) is 6.61 Å². The first kappa shape index (κ1) is 13.0. The summed E-state index contributed by atoms with van der Waals surface area (Å²) in [5.41, 5.74) is 0.872. The second-order valence-corrected chi connectivity index (χ2v) is 4.69. The molecule has 0 spiro atoms. The molecule has 1 N–H and O–H groups in total. The summed E-state index contributed by atoms with van der Waals surface area (Å²) in [5, 5.41) is 10.1. The monoisotopic (exact) mass is 249 g/mol. The molecule has 1 saturated carbocycles. The Hall–Kier alpha value is -1.42. The van der Waals surface area contributed by atoms with E-state index < -0.39 is 6.10 Å². The topological polar surface area (TPSA) is 59.4 Å². The molecule has 1 heterocycles.